The van der Waals surface area contributed by atoms with E-state index in [0.29, 0.717) is 29.6 Å². The van der Waals surface area contributed by atoms with Crippen molar-refractivity contribution in [2.45, 2.75) is 32.9 Å². The number of hydrogen-bond donors (Lipinski definition) is 3. The molecule has 3 N–H and O–H groups in total. The number of halogens is 1. The van der Waals surface area contributed by atoms with Gasteiger partial charge < -0.3 is 20.5 Å². The van der Waals surface area contributed by atoms with E-state index in [-0.39, 0.29) is 12.2 Å². The van der Waals surface area contributed by atoms with Crippen molar-refractivity contribution < 1.29 is 19.0 Å². The summed E-state index contributed by atoms with van der Waals surface area (Å²) in [6, 6.07) is 11.7. The maximum atomic E-state index is 13.9. The monoisotopic (exact) mass is 449 g/mol. The van der Waals surface area contributed by atoms with Gasteiger partial charge in [0.05, 0.1) is 5.56 Å². The summed E-state index contributed by atoms with van der Waals surface area (Å²) in [5.41, 5.74) is 1.69. The molecule has 0 saturated carbocycles. The van der Waals surface area contributed by atoms with Crippen LogP contribution in [0, 0.1) is 17.7 Å². The second kappa shape index (κ2) is 10.5. The van der Waals surface area contributed by atoms with Crippen molar-refractivity contribution in [3.63, 3.8) is 0 Å². The Morgan fingerprint density at radius 2 is 2.00 bits per heavy atom. The molecule has 1 amide bonds. The zero-order valence-electron chi connectivity index (χ0n) is 18.5. The molecule has 2 aromatic carbocycles. The number of aliphatic hydroxyl groups is 1. The van der Waals surface area contributed by atoms with Crippen LogP contribution in [0.25, 0.3) is 11.4 Å². The van der Waals surface area contributed by atoms with Crippen molar-refractivity contribution in [3.05, 3.63) is 65.7 Å². The highest BCUT2D eigenvalue weighted by molar-refractivity contribution is 5.68. The van der Waals surface area contributed by atoms with Gasteiger partial charge in [0.1, 0.15) is 24.4 Å². The van der Waals surface area contributed by atoms with E-state index in [1.54, 1.807) is 26.8 Å². The Labute approximate surface area is 191 Å². The molecule has 1 aromatic heterocycles. The molecule has 1 heterocycles. The normalized spacial score (nSPS) is 10.7. The summed E-state index contributed by atoms with van der Waals surface area (Å²) in [6.07, 6.45) is 0.853. The third kappa shape index (κ3) is 7.26. The number of carbonyl (C=O) groups excluding carboxylic acids is 1. The summed E-state index contributed by atoms with van der Waals surface area (Å²) in [5.74, 6) is 5.13. The highest BCUT2D eigenvalue weighted by atomic mass is 19.1. The molecule has 0 aliphatic rings. The summed E-state index contributed by atoms with van der Waals surface area (Å²) in [7, 11) is 0. The van der Waals surface area contributed by atoms with Gasteiger partial charge in [-0.1, -0.05) is 24.0 Å². The molecule has 0 radical (unpaired) electrons. The summed E-state index contributed by atoms with van der Waals surface area (Å²) < 4.78 is 19.2. The second-order valence-electron chi connectivity index (χ2n) is 7.97. The molecule has 9 heteroatoms. The maximum absolute atomic E-state index is 13.9. The predicted octanol–water partition coefficient (Wildman–Crippen LogP) is 3.79. The van der Waals surface area contributed by atoms with Crippen molar-refractivity contribution in [1.29, 1.82) is 0 Å². The summed E-state index contributed by atoms with van der Waals surface area (Å²) >= 11 is 0. The number of ether oxygens (including phenoxy) is 1. The van der Waals surface area contributed by atoms with Crippen LogP contribution in [0.4, 0.5) is 20.8 Å². The molecule has 0 saturated heterocycles. The topological polar surface area (TPSA) is 109 Å². The molecule has 0 fully saturated rings. The SMILES string of the molecule is CC(C)(C)OC(=O)NCc1cccc(Nc2ncnc(-c3ccc(F)c(C#CCO)c3)n2)c1. The van der Waals surface area contributed by atoms with Gasteiger partial charge in [0.15, 0.2) is 5.82 Å². The van der Waals surface area contributed by atoms with Gasteiger partial charge >= 0.3 is 6.09 Å². The Morgan fingerprint density at radius 1 is 1.18 bits per heavy atom. The van der Waals surface area contributed by atoms with Gasteiger partial charge in [-0.2, -0.15) is 4.98 Å². The molecule has 33 heavy (non-hydrogen) atoms. The molecule has 0 aliphatic carbocycles. The molecule has 0 bridgehead atoms. The number of benzene rings is 2. The Morgan fingerprint density at radius 3 is 2.76 bits per heavy atom. The van der Waals surface area contributed by atoms with Crippen molar-refractivity contribution >= 4 is 17.7 Å². The maximum Gasteiger partial charge on any atom is 0.407 e. The molecule has 0 aliphatic heterocycles. The average molecular weight is 449 g/mol. The number of anilines is 2. The van der Waals surface area contributed by atoms with Gasteiger partial charge in [0.2, 0.25) is 5.95 Å². The van der Waals surface area contributed by atoms with Crippen molar-refractivity contribution in [2.75, 3.05) is 11.9 Å². The van der Waals surface area contributed by atoms with Crippen LogP contribution in [-0.4, -0.2) is 38.4 Å². The van der Waals surface area contributed by atoms with E-state index >= 15 is 0 Å². The molecular weight excluding hydrogens is 425 g/mol. The standard InChI is InChI=1S/C24H24FN5O3/c1-24(2,3)33-23(32)26-14-16-6-4-8-19(12-16)29-22-28-15-27-21(30-22)18-9-10-20(25)17(13-18)7-5-11-31/h4,6,8-10,12-13,15,31H,11,14H2,1-3H3,(H,26,32)(H,27,28,29,30). The molecule has 3 rings (SSSR count). The van der Waals surface area contributed by atoms with E-state index < -0.39 is 17.5 Å². The zero-order valence-corrected chi connectivity index (χ0v) is 18.5. The van der Waals surface area contributed by atoms with E-state index in [9.17, 15) is 9.18 Å². The molecule has 3 aromatic rings. The molecular formula is C24H24FN5O3. The van der Waals surface area contributed by atoms with E-state index in [4.69, 9.17) is 9.84 Å². The van der Waals surface area contributed by atoms with Gasteiger partial charge in [0, 0.05) is 17.8 Å². The first kappa shape index (κ1) is 23.6. The van der Waals surface area contributed by atoms with E-state index in [2.05, 4.69) is 37.4 Å². The van der Waals surface area contributed by atoms with Crippen molar-refractivity contribution in [3.8, 4) is 23.2 Å². The third-order valence-electron chi connectivity index (χ3n) is 4.12. The minimum atomic E-state index is -0.569. The van der Waals surface area contributed by atoms with Gasteiger partial charge in [0.25, 0.3) is 0 Å². The highest BCUT2D eigenvalue weighted by Gasteiger charge is 2.15. The second-order valence-corrected chi connectivity index (χ2v) is 7.97. The Hall–Kier alpha value is -4.03. The number of amides is 1. The quantitative estimate of drug-likeness (QED) is 0.509. The number of hydrogen-bond acceptors (Lipinski definition) is 7. The first-order chi connectivity index (χ1) is 15.7. The predicted molar refractivity (Wildman–Crippen MR) is 122 cm³/mol. The Balaban J connectivity index is 1.72. The van der Waals surface area contributed by atoms with Gasteiger partial charge in [-0.05, 0) is 56.7 Å². The lowest BCUT2D eigenvalue weighted by atomic mass is 10.1. The van der Waals surface area contributed by atoms with Gasteiger partial charge in [-0.3, -0.25) is 0 Å². The summed E-state index contributed by atoms with van der Waals surface area (Å²) in [6.45, 7) is 5.33. The first-order valence-corrected chi connectivity index (χ1v) is 10.1. The molecule has 170 valence electrons. The number of alkyl carbamates (subject to hydrolysis) is 1. The van der Waals surface area contributed by atoms with Crippen LogP contribution in [0.1, 0.15) is 31.9 Å². The number of aromatic nitrogens is 3. The third-order valence-corrected chi connectivity index (χ3v) is 4.12. The molecule has 0 atom stereocenters. The van der Waals surface area contributed by atoms with Crippen LogP contribution in [-0.2, 0) is 11.3 Å². The molecule has 0 spiro atoms. The fraction of sp³-hybridized carbons (Fsp3) is 0.250. The Bertz CT molecular complexity index is 1200. The van der Waals surface area contributed by atoms with Crippen LogP contribution in [0.15, 0.2) is 48.8 Å². The fourth-order valence-electron chi connectivity index (χ4n) is 2.77. The zero-order chi connectivity index (χ0) is 23.8. The van der Waals surface area contributed by atoms with E-state index in [1.165, 1.54) is 18.5 Å². The lowest BCUT2D eigenvalue weighted by Crippen LogP contribution is -2.32. The molecule has 8 nitrogen and oxygen atoms in total. The average Bonchev–Trinajstić information content (AvgIpc) is 2.76. The highest BCUT2D eigenvalue weighted by Crippen LogP contribution is 2.21. The fourth-order valence-corrected chi connectivity index (χ4v) is 2.77. The van der Waals surface area contributed by atoms with Crippen LogP contribution < -0.4 is 10.6 Å². The van der Waals surface area contributed by atoms with Gasteiger partial charge in [-0.25, -0.2) is 19.2 Å². The minimum Gasteiger partial charge on any atom is -0.444 e. The lowest BCUT2D eigenvalue weighted by Gasteiger charge is -2.19. The van der Waals surface area contributed by atoms with Crippen molar-refractivity contribution in [2.24, 2.45) is 0 Å². The van der Waals surface area contributed by atoms with Crippen molar-refractivity contribution in [1.82, 2.24) is 20.3 Å². The van der Waals surface area contributed by atoms with Crippen LogP contribution >= 0.6 is 0 Å². The number of nitrogens with zero attached hydrogens (tertiary/aromatic N) is 3. The largest absolute Gasteiger partial charge is 0.444 e. The molecule has 0 unspecified atom stereocenters. The lowest BCUT2D eigenvalue weighted by molar-refractivity contribution is 0.0523. The van der Waals surface area contributed by atoms with Crippen LogP contribution in [0.2, 0.25) is 0 Å². The number of rotatable bonds is 5. The summed E-state index contributed by atoms with van der Waals surface area (Å²) in [4.78, 5) is 24.5. The van der Waals surface area contributed by atoms with E-state index in [0.717, 1.165) is 5.56 Å². The number of carbonyl (C=O) groups is 1. The number of aliphatic hydroxyl groups excluding tert-OH is 1. The van der Waals surface area contributed by atoms with E-state index in [1.807, 2.05) is 24.3 Å². The van der Waals surface area contributed by atoms with Crippen LogP contribution in [0.5, 0.6) is 0 Å². The minimum absolute atomic E-state index is 0.140. The summed E-state index contributed by atoms with van der Waals surface area (Å²) in [5, 5.41) is 14.7. The first-order valence-electron chi connectivity index (χ1n) is 10.1. The van der Waals surface area contributed by atoms with Gasteiger partial charge in [-0.15, -0.1) is 0 Å². The smallest absolute Gasteiger partial charge is 0.407 e. The Kier molecular flexibility index (Phi) is 7.53. The van der Waals surface area contributed by atoms with Crippen LogP contribution in [0.3, 0.4) is 0 Å². The number of nitrogens with one attached hydrogen (secondary N) is 2.